The average molecular weight is 313 g/mol. The molecule has 2 rings (SSSR count). The van der Waals surface area contributed by atoms with Gasteiger partial charge in [-0.2, -0.15) is 5.10 Å². The van der Waals surface area contributed by atoms with Crippen molar-refractivity contribution < 1.29 is 15.0 Å². The Balaban J connectivity index is 2.65. The number of benzene rings is 1. The highest BCUT2D eigenvalue weighted by molar-refractivity contribution is 9.10. The SMILES string of the molecule is CC(C)(O)Cn1nc(C(=O)O)c2ccc(Br)cc21. The van der Waals surface area contributed by atoms with Crippen LogP contribution in [0.5, 0.6) is 0 Å². The van der Waals surface area contributed by atoms with Crippen LogP contribution in [0.15, 0.2) is 22.7 Å². The molecule has 2 aromatic rings. The van der Waals surface area contributed by atoms with E-state index < -0.39 is 11.6 Å². The van der Waals surface area contributed by atoms with Gasteiger partial charge in [-0.25, -0.2) is 4.79 Å². The molecule has 0 aliphatic rings. The molecule has 18 heavy (non-hydrogen) atoms. The molecule has 0 radical (unpaired) electrons. The molecular formula is C12H13BrN2O3. The first-order valence-corrected chi connectivity index (χ1v) is 6.19. The molecule has 1 heterocycles. The van der Waals surface area contributed by atoms with Gasteiger partial charge < -0.3 is 10.2 Å². The molecule has 0 saturated carbocycles. The van der Waals surface area contributed by atoms with Crippen LogP contribution in [0, 0.1) is 0 Å². The zero-order valence-electron chi connectivity index (χ0n) is 10.0. The van der Waals surface area contributed by atoms with E-state index in [0.717, 1.165) is 4.47 Å². The van der Waals surface area contributed by atoms with Crippen LogP contribution < -0.4 is 0 Å². The van der Waals surface area contributed by atoms with Crippen molar-refractivity contribution in [1.82, 2.24) is 9.78 Å². The molecule has 96 valence electrons. The van der Waals surface area contributed by atoms with Crippen LogP contribution in [0.1, 0.15) is 24.3 Å². The fraction of sp³-hybridized carbons (Fsp3) is 0.333. The minimum Gasteiger partial charge on any atom is -0.476 e. The third-order valence-corrected chi connectivity index (χ3v) is 2.95. The molecule has 5 nitrogen and oxygen atoms in total. The minimum absolute atomic E-state index is 0.00162. The molecule has 0 spiro atoms. The molecule has 2 N–H and O–H groups in total. The first-order valence-electron chi connectivity index (χ1n) is 5.40. The lowest BCUT2D eigenvalue weighted by molar-refractivity contribution is 0.0576. The molecule has 1 aromatic heterocycles. The number of fused-ring (bicyclic) bond motifs is 1. The van der Waals surface area contributed by atoms with Crippen molar-refractivity contribution in [2.24, 2.45) is 0 Å². The number of carboxylic acids is 1. The fourth-order valence-corrected chi connectivity index (χ4v) is 2.14. The van der Waals surface area contributed by atoms with E-state index in [9.17, 15) is 9.90 Å². The number of hydrogen-bond acceptors (Lipinski definition) is 3. The van der Waals surface area contributed by atoms with Crippen molar-refractivity contribution in [3.8, 4) is 0 Å². The molecule has 0 unspecified atom stereocenters. The van der Waals surface area contributed by atoms with Gasteiger partial charge in [0, 0.05) is 9.86 Å². The topological polar surface area (TPSA) is 75.3 Å². The van der Waals surface area contributed by atoms with Crippen molar-refractivity contribution >= 4 is 32.8 Å². The third kappa shape index (κ3) is 2.54. The lowest BCUT2D eigenvalue weighted by Crippen LogP contribution is -2.26. The second-order valence-electron chi connectivity index (χ2n) is 4.79. The van der Waals surface area contributed by atoms with E-state index in [1.54, 1.807) is 32.0 Å². The van der Waals surface area contributed by atoms with Crippen LogP contribution in [0.2, 0.25) is 0 Å². The van der Waals surface area contributed by atoms with Gasteiger partial charge in [-0.15, -0.1) is 0 Å². The number of aliphatic hydroxyl groups is 1. The van der Waals surface area contributed by atoms with E-state index in [1.807, 2.05) is 0 Å². The van der Waals surface area contributed by atoms with Gasteiger partial charge in [0.15, 0.2) is 5.69 Å². The number of carbonyl (C=O) groups is 1. The Morgan fingerprint density at radius 2 is 2.17 bits per heavy atom. The van der Waals surface area contributed by atoms with E-state index in [1.165, 1.54) is 4.68 Å². The van der Waals surface area contributed by atoms with E-state index in [-0.39, 0.29) is 12.2 Å². The summed E-state index contributed by atoms with van der Waals surface area (Å²) in [5.41, 5.74) is -0.275. The summed E-state index contributed by atoms with van der Waals surface area (Å²) in [6, 6.07) is 5.27. The van der Waals surface area contributed by atoms with E-state index >= 15 is 0 Å². The maximum Gasteiger partial charge on any atom is 0.357 e. The number of carboxylic acid groups (broad SMARTS) is 1. The molecule has 6 heteroatoms. The standard InChI is InChI=1S/C12H13BrN2O3/c1-12(2,18)6-15-9-5-7(13)3-4-8(9)10(14-15)11(16)17/h3-5,18H,6H2,1-2H3,(H,16,17). The van der Waals surface area contributed by atoms with E-state index in [4.69, 9.17) is 5.11 Å². The predicted octanol–water partition coefficient (Wildman–Crippen LogP) is 2.27. The smallest absolute Gasteiger partial charge is 0.357 e. The highest BCUT2D eigenvalue weighted by atomic mass is 79.9. The van der Waals surface area contributed by atoms with Gasteiger partial charge in [-0.1, -0.05) is 15.9 Å². The van der Waals surface area contributed by atoms with Gasteiger partial charge in [-0.3, -0.25) is 4.68 Å². The fourth-order valence-electron chi connectivity index (χ4n) is 1.79. The Bertz CT molecular complexity index is 614. The number of aromatic nitrogens is 2. The first kappa shape index (κ1) is 13.0. The molecule has 0 aliphatic heterocycles. The number of aromatic carboxylic acids is 1. The van der Waals surface area contributed by atoms with Crippen LogP contribution in [0.4, 0.5) is 0 Å². The summed E-state index contributed by atoms with van der Waals surface area (Å²) in [6.07, 6.45) is 0. The molecular weight excluding hydrogens is 300 g/mol. The van der Waals surface area contributed by atoms with Gasteiger partial charge in [0.2, 0.25) is 0 Å². The molecule has 0 fully saturated rings. The van der Waals surface area contributed by atoms with Crippen molar-refractivity contribution in [1.29, 1.82) is 0 Å². The lowest BCUT2D eigenvalue weighted by atomic mass is 10.1. The lowest BCUT2D eigenvalue weighted by Gasteiger charge is -2.17. The largest absolute Gasteiger partial charge is 0.476 e. The summed E-state index contributed by atoms with van der Waals surface area (Å²) in [6.45, 7) is 3.53. The van der Waals surface area contributed by atoms with Crippen molar-refractivity contribution in [3.63, 3.8) is 0 Å². The Labute approximate surface area is 112 Å². The highest BCUT2D eigenvalue weighted by Crippen LogP contribution is 2.24. The van der Waals surface area contributed by atoms with E-state index in [0.29, 0.717) is 10.9 Å². The second-order valence-corrected chi connectivity index (χ2v) is 5.70. The van der Waals surface area contributed by atoms with Crippen LogP contribution >= 0.6 is 15.9 Å². The van der Waals surface area contributed by atoms with Crippen LogP contribution in [0.25, 0.3) is 10.9 Å². The average Bonchev–Trinajstić information content (AvgIpc) is 2.54. The summed E-state index contributed by atoms with van der Waals surface area (Å²) in [7, 11) is 0. The Kier molecular flexibility index (Phi) is 3.16. The Morgan fingerprint density at radius 1 is 1.50 bits per heavy atom. The zero-order valence-corrected chi connectivity index (χ0v) is 11.6. The monoisotopic (exact) mass is 312 g/mol. The van der Waals surface area contributed by atoms with Gasteiger partial charge in [-0.05, 0) is 32.0 Å². The van der Waals surface area contributed by atoms with Gasteiger partial charge in [0.1, 0.15) is 0 Å². The number of rotatable bonds is 3. The third-order valence-electron chi connectivity index (χ3n) is 2.45. The maximum absolute atomic E-state index is 11.1. The van der Waals surface area contributed by atoms with Crippen molar-refractivity contribution in [3.05, 3.63) is 28.4 Å². The maximum atomic E-state index is 11.1. The van der Waals surface area contributed by atoms with Crippen molar-refractivity contribution in [2.75, 3.05) is 0 Å². The van der Waals surface area contributed by atoms with Gasteiger partial charge in [0.25, 0.3) is 0 Å². The molecule has 0 aliphatic carbocycles. The molecule has 0 atom stereocenters. The van der Waals surface area contributed by atoms with Gasteiger partial charge in [0.05, 0.1) is 17.7 Å². The number of hydrogen-bond donors (Lipinski definition) is 2. The summed E-state index contributed by atoms with van der Waals surface area (Å²) in [5, 5.41) is 23.6. The molecule has 0 amide bonds. The molecule has 0 saturated heterocycles. The minimum atomic E-state index is -1.07. The zero-order chi connectivity index (χ0) is 13.5. The van der Waals surface area contributed by atoms with E-state index in [2.05, 4.69) is 21.0 Å². The summed E-state index contributed by atoms with van der Waals surface area (Å²) in [4.78, 5) is 11.1. The van der Waals surface area contributed by atoms with Crippen molar-refractivity contribution in [2.45, 2.75) is 26.0 Å². The second kappa shape index (κ2) is 4.37. The predicted molar refractivity (Wildman–Crippen MR) is 70.7 cm³/mol. The highest BCUT2D eigenvalue weighted by Gasteiger charge is 2.21. The number of halogens is 1. The summed E-state index contributed by atoms with van der Waals surface area (Å²) >= 11 is 3.34. The van der Waals surface area contributed by atoms with Crippen LogP contribution in [-0.2, 0) is 6.54 Å². The Hall–Kier alpha value is -1.40. The van der Waals surface area contributed by atoms with Gasteiger partial charge >= 0.3 is 5.97 Å². The summed E-state index contributed by atoms with van der Waals surface area (Å²) in [5.74, 6) is -1.07. The normalized spacial score (nSPS) is 12.0. The molecule has 1 aromatic carbocycles. The number of nitrogens with zero attached hydrogens (tertiary/aromatic N) is 2. The Morgan fingerprint density at radius 3 is 2.72 bits per heavy atom. The quantitative estimate of drug-likeness (QED) is 0.911. The first-order chi connectivity index (χ1) is 8.28. The van der Waals surface area contributed by atoms with Crippen LogP contribution in [-0.4, -0.2) is 31.6 Å². The van der Waals surface area contributed by atoms with Crippen LogP contribution in [0.3, 0.4) is 0 Å². The molecule has 0 bridgehead atoms. The summed E-state index contributed by atoms with van der Waals surface area (Å²) < 4.78 is 2.35.